The summed E-state index contributed by atoms with van der Waals surface area (Å²) in [5.74, 6) is -3.36. The van der Waals surface area contributed by atoms with E-state index in [-0.39, 0.29) is 12.3 Å². The van der Waals surface area contributed by atoms with Gasteiger partial charge in [-0.25, -0.2) is 4.79 Å². The first-order valence-electron chi connectivity index (χ1n) is 12.6. The topological polar surface area (TPSA) is 107 Å². The minimum absolute atomic E-state index is 0.0285. The van der Waals surface area contributed by atoms with E-state index in [2.05, 4.69) is 15.1 Å². The Kier molecular flexibility index (Phi) is 8.68. The zero-order chi connectivity index (χ0) is 28.0. The molecule has 4 rings (SSSR count). The van der Waals surface area contributed by atoms with Gasteiger partial charge in [-0.05, 0) is 62.1 Å². The lowest BCUT2D eigenvalue weighted by Gasteiger charge is -2.24. The molecular formula is C28H28F3N3O5. The van der Waals surface area contributed by atoms with E-state index in [9.17, 15) is 27.6 Å². The SMILES string of the molecule is Cc1cc(COc2ccc(C(=O)NC(CC(=O)NOC(=O)C(F)(F)F)C3CCCC3)cc2)c2ccccc2n1. The number of hydroxylamine groups is 1. The van der Waals surface area contributed by atoms with Crippen LogP contribution in [0.3, 0.4) is 0 Å². The molecule has 0 bridgehead atoms. The van der Waals surface area contributed by atoms with E-state index < -0.39 is 30.0 Å². The first-order chi connectivity index (χ1) is 18.6. The molecule has 1 aromatic heterocycles. The molecule has 1 fully saturated rings. The lowest BCUT2D eigenvalue weighted by atomic mass is 9.94. The minimum Gasteiger partial charge on any atom is -0.489 e. The number of aromatic nitrogens is 1. The van der Waals surface area contributed by atoms with Crippen molar-refractivity contribution in [3.63, 3.8) is 0 Å². The number of hydrogen-bond donors (Lipinski definition) is 2. The molecule has 0 spiro atoms. The molecule has 8 nitrogen and oxygen atoms in total. The molecule has 2 aromatic carbocycles. The van der Waals surface area contributed by atoms with Gasteiger partial charge in [0.25, 0.3) is 11.8 Å². The highest BCUT2D eigenvalue weighted by atomic mass is 19.4. The predicted octanol–water partition coefficient (Wildman–Crippen LogP) is 4.94. The third-order valence-corrected chi connectivity index (χ3v) is 6.62. The van der Waals surface area contributed by atoms with Gasteiger partial charge in [-0.2, -0.15) is 18.7 Å². The Bertz CT molecular complexity index is 1340. The Morgan fingerprint density at radius 2 is 1.74 bits per heavy atom. The summed E-state index contributed by atoms with van der Waals surface area (Å²) < 4.78 is 42.9. The fraction of sp³-hybridized carbons (Fsp3) is 0.357. The van der Waals surface area contributed by atoms with E-state index in [1.807, 2.05) is 37.3 Å². The van der Waals surface area contributed by atoms with Gasteiger partial charge < -0.3 is 14.9 Å². The molecule has 0 radical (unpaired) electrons. The summed E-state index contributed by atoms with van der Waals surface area (Å²) >= 11 is 0. The van der Waals surface area contributed by atoms with E-state index in [1.165, 1.54) is 5.48 Å². The molecule has 0 aliphatic heterocycles. The average molecular weight is 544 g/mol. The number of hydrogen-bond acceptors (Lipinski definition) is 6. The number of aryl methyl sites for hydroxylation is 1. The lowest BCUT2D eigenvalue weighted by Crippen LogP contribution is -2.44. The van der Waals surface area contributed by atoms with Crippen molar-refractivity contribution in [3.05, 3.63) is 71.4 Å². The van der Waals surface area contributed by atoms with Crippen LogP contribution in [0.4, 0.5) is 13.2 Å². The molecule has 0 saturated heterocycles. The number of benzene rings is 2. The third kappa shape index (κ3) is 7.46. The summed E-state index contributed by atoms with van der Waals surface area (Å²) in [6.07, 6.45) is -2.21. The maximum atomic E-state index is 12.9. The number of fused-ring (bicyclic) bond motifs is 1. The van der Waals surface area contributed by atoms with Crippen LogP contribution in [0.5, 0.6) is 5.75 Å². The summed E-state index contributed by atoms with van der Waals surface area (Å²) in [6, 6.07) is 15.6. The summed E-state index contributed by atoms with van der Waals surface area (Å²) in [7, 11) is 0. The number of alkyl halides is 3. The fourth-order valence-electron chi connectivity index (χ4n) is 4.73. The fourth-order valence-corrected chi connectivity index (χ4v) is 4.73. The largest absolute Gasteiger partial charge is 0.493 e. The molecule has 1 heterocycles. The average Bonchev–Trinajstić information content (AvgIpc) is 3.44. The molecule has 2 N–H and O–H groups in total. The molecule has 2 amide bonds. The lowest BCUT2D eigenvalue weighted by molar-refractivity contribution is -0.207. The predicted molar refractivity (Wildman–Crippen MR) is 135 cm³/mol. The number of ether oxygens (including phenoxy) is 1. The molecule has 1 atom stereocenters. The summed E-state index contributed by atoms with van der Waals surface area (Å²) in [5, 5.41) is 3.81. The van der Waals surface area contributed by atoms with Gasteiger partial charge in [0.1, 0.15) is 12.4 Å². The van der Waals surface area contributed by atoms with Crippen molar-refractivity contribution in [2.24, 2.45) is 5.92 Å². The number of nitrogens with zero attached hydrogens (tertiary/aromatic N) is 1. The van der Waals surface area contributed by atoms with E-state index in [0.717, 1.165) is 47.8 Å². The second kappa shape index (κ2) is 12.1. The van der Waals surface area contributed by atoms with E-state index in [1.54, 1.807) is 24.3 Å². The second-order valence-corrected chi connectivity index (χ2v) is 9.49. The normalized spacial score (nSPS) is 14.6. The monoisotopic (exact) mass is 543 g/mol. The van der Waals surface area contributed by atoms with Gasteiger partial charge in [-0.3, -0.25) is 14.6 Å². The number of pyridine rings is 1. The van der Waals surface area contributed by atoms with Crippen molar-refractivity contribution in [3.8, 4) is 5.75 Å². The Balaban J connectivity index is 1.36. The van der Waals surface area contributed by atoms with Gasteiger partial charge in [0.05, 0.1) is 11.9 Å². The molecular weight excluding hydrogens is 515 g/mol. The highest BCUT2D eigenvalue weighted by Crippen LogP contribution is 2.29. The number of halogens is 3. The van der Waals surface area contributed by atoms with Crippen LogP contribution in [0, 0.1) is 12.8 Å². The van der Waals surface area contributed by atoms with Crippen molar-refractivity contribution in [1.82, 2.24) is 15.8 Å². The smallest absolute Gasteiger partial charge is 0.489 e. The maximum Gasteiger partial charge on any atom is 0.493 e. The molecule has 1 saturated carbocycles. The van der Waals surface area contributed by atoms with Crippen LogP contribution in [0.25, 0.3) is 10.9 Å². The first-order valence-corrected chi connectivity index (χ1v) is 12.6. The Hall–Kier alpha value is -4.15. The van der Waals surface area contributed by atoms with Crippen LogP contribution in [0.1, 0.15) is 53.7 Å². The summed E-state index contributed by atoms with van der Waals surface area (Å²) in [4.78, 5) is 44.3. The summed E-state index contributed by atoms with van der Waals surface area (Å²) in [6.45, 7) is 2.23. The van der Waals surface area contributed by atoms with E-state index in [0.29, 0.717) is 17.9 Å². The minimum atomic E-state index is -5.23. The highest BCUT2D eigenvalue weighted by molar-refractivity contribution is 5.95. The molecule has 1 aliphatic rings. The standard InChI is InChI=1S/C28H28F3N3O5/c1-17-14-20(22-8-4-5-9-23(22)32-17)16-38-21-12-10-19(11-13-21)26(36)33-24(18-6-2-3-7-18)15-25(35)34-39-27(37)28(29,30)31/h4-5,8-14,18,24H,2-3,6-7,15-16H2,1H3,(H,33,36)(H,34,35). The number of amides is 2. The Morgan fingerprint density at radius 1 is 1.05 bits per heavy atom. The molecule has 39 heavy (non-hydrogen) atoms. The molecule has 11 heteroatoms. The van der Waals surface area contributed by atoms with Crippen molar-refractivity contribution in [2.75, 3.05) is 0 Å². The highest BCUT2D eigenvalue weighted by Gasteiger charge is 2.42. The zero-order valence-electron chi connectivity index (χ0n) is 21.2. The van der Waals surface area contributed by atoms with Gasteiger partial charge in [-0.15, -0.1) is 0 Å². The number of carbonyl (C=O) groups is 3. The quantitative estimate of drug-likeness (QED) is 0.390. The van der Waals surface area contributed by atoms with Crippen LogP contribution in [-0.2, 0) is 21.0 Å². The van der Waals surface area contributed by atoms with Crippen LogP contribution >= 0.6 is 0 Å². The van der Waals surface area contributed by atoms with Crippen LogP contribution < -0.4 is 15.5 Å². The molecule has 1 unspecified atom stereocenters. The van der Waals surface area contributed by atoms with Gasteiger partial charge in [-0.1, -0.05) is 31.0 Å². The van der Waals surface area contributed by atoms with Gasteiger partial charge in [0.2, 0.25) is 0 Å². The van der Waals surface area contributed by atoms with Gasteiger partial charge >= 0.3 is 12.1 Å². The van der Waals surface area contributed by atoms with Crippen molar-refractivity contribution in [1.29, 1.82) is 0 Å². The van der Waals surface area contributed by atoms with Crippen molar-refractivity contribution >= 4 is 28.7 Å². The molecule has 1 aliphatic carbocycles. The number of rotatable bonds is 8. The second-order valence-electron chi connectivity index (χ2n) is 9.49. The van der Waals surface area contributed by atoms with Crippen molar-refractivity contribution < 1.29 is 37.1 Å². The molecule has 206 valence electrons. The number of nitrogens with one attached hydrogen (secondary N) is 2. The van der Waals surface area contributed by atoms with E-state index in [4.69, 9.17) is 4.74 Å². The van der Waals surface area contributed by atoms with Gasteiger partial charge in [0, 0.05) is 28.2 Å². The van der Waals surface area contributed by atoms with Gasteiger partial charge in [0.15, 0.2) is 0 Å². The Morgan fingerprint density at radius 3 is 2.44 bits per heavy atom. The number of para-hydroxylation sites is 1. The zero-order valence-corrected chi connectivity index (χ0v) is 21.2. The van der Waals surface area contributed by atoms with Crippen LogP contribution in [0.2, 0.25) is 0 Å². The number of carbonyl (C=O) groups excluding carboxylic acids is 3. The Labute approximate surface area is 222 Å². The maximum absolute atomic E-state index is 12.9. The van der Waals surface area contributed by atoms with Crippen molar-refractivity contribution in [2.45, 2.75) is 57.9 Å². The third-order valence-electron chi connectivity index (χ3n) is 6.62. The van der Waals surface area contributed by atoms with Crippen LogP contribution in [-0.4, -0.2) is 35.0 Å². The summed E-state index contributed by atoms with van der Waals surface area (Å²) in [5.41, 5.74) is 4.60. The molecule has 3 aromatic rings. The first kappa shape index (κ1) is 27.9. The van der Waals surface area contributed by atoms with E-state index >= 15 is 0 Å². The van der Waals surface area contributed by atoms with Crippen LogP contribution in [0.15, 0.2) is 54.6 Å².